The van der Waals surface area contributed by atoms with E-state index in [2.05, 4.69) is 4.72 Å². The molecule has 1 aliphatic rings. The Morgan fingerprint density at radius 2 is 1.68 bits per heavy atom. The van der Waals surface area contributed by atoms with E-state index in [1.165, 1.54) is 5.56 Å². The van der Waals surface area contributed by atoms with Crippen molar-refractivity contribution in [1.29, 1.82) is 0 Å². The molecule has 106 valence electrons. The van der Waals surface area contributed by atoms with Crippen LogP contribution in [0.2, 0.25) is 0 Å². The van der Waals surface area contributed by atoms with Crippen LogP contribution >= 0.6 is 0 Å². The molecule has 0 spiro atoms. The highest BCUT2D eigenvalue weighted by Gasteiger charge is 2.28. The average molecular weight is 282 g/mol. The summed E-state index contributed by atoms with van der Waals surface area (Å²) in [6.07, 6.45) is 4.50. The van der Waals surface area contributed by atoms with Gasteiger partial charge in [-0.3, -0.25) is 0 Å². The Labute approximate surface area is 115 Å². The largest absolute Gasteiger partial charge is 0.330 e. The second-order valence-corrected chi connectivity index (χ2v) is 7.17. The Bertz CT molecular complexity index is 491. The van der Waals surface area contributed by atoms with Crippen LogP contribution in [0.4, 0.5) is 0 Å². The van der Waals surface area contributed by atoms with E-state index in [0.29, 0.717) is 13.1 Å². The molecule has 4 nitrogen and oxygen atoms in total. The fraction of sp³-hybridized carbons (Fsp3) is 0.571. The number of sulfonamides is 1. The van der Waals surface area contributed by atoms with E-state index in [1.54, 1.807) is 0 Å². The molecule has 1 aromatic carbocycles. The van der Waals surface area contributed by atoms with Crippen LogP contribution in [0.1, 0.15) is 36.8 Å². The molecular weight excluding hydrogens is 260 g/mol. The van der Waals surface area contributed by atoms with Crippen molar-refractivity contribution in [2.24, 2.45) is 5.73 Å². The monoisotopic (exact) mass is 282 g/mol. The summed E-state index contributed by atoms with van der Waals surface area (Å²) in [6, 6.07) is 7.93. The van der Waals surface area contributed by atoms with E-state index in [-0.39, 0.29) is 5.25 Å². The first-order valence-electron chi connectivity index (χ1n) is 6.88. The van der Waals surface area contributed by atoms with E-state index in [4.69, 9.17) is 5.73 Å². The third kappa shape index (κ3) is 4.03. The zero-order valence-corrected chi connectivity index (χ0v) is 12.0. The maximum atomic E-state index is 12.0. The average Bonchev–Trinajstić information content (AvgIpc) is 2.93. The van der Waals surface area contributed by atoms with Crippen molar-refractivity contribution in [3.05, 3.63) is 35.4 Å². The van der Waals surface area contributed by atoms with Gasteiger partial charge >= 0.3 is 0 Å². The molecule has 0 atom stereocenters. The summed E-state index contributed by atoms with van der Waals surface area (Å²) in [7, 11) is -3.15. The smallest absolute Gasteiger partial charge is 0.214 e. The van der Waals surface area contributed by atoms with Crippen LogP contribution in [0.5, 0.6) is 0 Å². The van der Waals surface area contributed by atoms with E-state index < -0.39 is 10.0 Å². The lowest BCUT2D eigenvalue weighted by molar-refractivity contribution is 0.564. The quantitative estimate of drug-likeness (QED) is 0.831. The Kier molecular flexibility index (Phi) is 4.96. The Morgan fingerprint density at radius 3 is 2.26 bits per heavy atom. The van der Waals surface area contributed by atoms with E-state index in [9.17, 15) is 8.42 Å². The van der Waals surface area contributed by atoms with Gasteiger partial charge in [0.15, 0.2) is 0 Å². The SMILES string of the molecule is NCCc1ccc(CNS(=O)(=O)C2CCCC2)cc1. The highest BCUT2D eigenvalue weighted by molar-refractivity contribution is 7.90. The van der Waals surface area contributed by atoms with E-state index in [0.717, 1.165) is 37.7 Å². The van der Waals surface area contributed by atoms with Crippen molar-refractivity contribution < 1.29 is 8.42 Å². The molecule has 0 amide bonds. The predicted molar refractivity (Wildman–Crippen MR) is 77.2 cm³/mol. The van der Waals surface area contributed by atoms with Gasteiger partial charge < -0.3 is 5.73 Å². The molecule has 1 fully saturated rings. The minimum Gasteiger partial charge on any atom is -0.330 e. The van der Waals surface area contributed by atoms with Gasteiger partial charge in [0.05, 0.1) is 5.25 Å². The summed E-state index contributed by atoms with van der Waals surface area (Å²) in [5.74, 6) is 0. The minimum atomic E-state index is -3.15. The fourth-order valence-electron chi connectivity index (χ4n) is 2.49. The van der Waals surface area contributed by atoms with Crippen LogP contribution in [0.3, 0.4) is 0 Å². The van der Waals surface area contributed by atoms with Crippen molar-refractivity contribution in [1.82, 2.24) is 4.72 Å². The number of rotatable bonds is 6. The van der Waals surface area contributed by atoms with Gasteiger partial charge in [0.2, 0.25) is 10.0 Å². The Morgan fingerprint density at radius 1 is 1.11 bits per heavy atom. The van der Waals surface area contributed by atoms with E-state index in [1.807, 2.05) is 24.3 Å². The van der Waals surface area contributed by atoms with Crippen molar-refractivity contribution >= 4 is 10.0 Å². The molecule has 0 aliphatic heterocycles. The Balaban J connectivity index is 1.90. The first-order chi connectivity index (χ1) is 9.12. The highest BCUT2D eigenvalue weighted by atomic mass is 32.2. The summed E-state index contributed by atoms with van der Waals surface area (Å²) in [5, 5.41) is -0.191. The van der Waals surface area contributed by atoms with Gasteiger partial charge in [-0.15, -0.1) is 0 Å². The molecule has 0 saturated heterocycles. The molecular formula is C14H22N2O2S. The zero-order chi connectivity index (χ0) is 13.7. The third-order valence-electron chi connectivity index (χ3n) is 3.67. The normalized spacial score (nSPS) is 16.9. The number of benzene rings is 1. The lowest BCUT2D eigenvalue weighted by atomic mass is 10.1. The van der Waals surface area contributed by atoms with Crippen molar-refractivity contribution in [3.63, 3.8) is 0 Å². The molecule has 19 heavy (non-hydrogen) atoms. The first-order valence-corrected chi connectivity index (χ1v) is 8.43. The molecule has 0 bridgehead atoms. The summed E-state index contributed by atoms with van der Waals surface area (Å²) in [6.45, 7) is 1.01. The maximum absolute atomic E-state index is 12.0. The molecule has 0 aromatic heterocycles. The van der Waals surface area contributed by atoms with Gasteiger partial charge in [-0.1, -0.05) is 37.1 Å². The van der Waals surface area contributed by atoms with Gasteiger partial charge in [-0.2, -0.15) is 0 Å². The van der Waals surface area contributed by atoms with Crippen molar-refractivity contribution in [3.8, 4) is 0 Å². The summed E-state index contributed by atoms with van der Waals surface area (Å²) < 4.78 is 26.8. The van der Waals surface area contributed by atoms with Crippen molar-refractivity contribution in [2.45, 2.75) is 43.9 Å². The number of nitrogens with two attached hydrogens (primary N) is 1. The third-order valence-corrected chi connectivity index (χ3v) is 5.57. The second kappa shape index (κ2) is 6.50. The first kappa shape index (κ1) is 14.5. The maximum Gasteiger partial charge on any atom is 0.214 e. The molecule has 2 rings (SSSR count). The fourth-order valence-corrected chi connectivity index (χ4v) is 4.05. The summed E-state index contributed by atoms with van der Waals surface area (Å²) >= 11 is 0. The van der Waals surface area contributed by atoms with Crippen LogP contribution in [-0.4, -0.2) is 20.2 Å². The van der Waals surface area contributed by atoms with Gasteiger partial charge in [0, 0.05) is 6.54 Å². The number of hydrogen-bond donors (Lipinski definition) is 2. The van der Waals surface area contributed by atoms with Crippen molar-refractivity contribution in [2.75, 3.05) is 6.54 Å². The Hall–Kier alpha value is -0.910. The zero-order valence-electron chi connectivity index (χ0n) is 11.1. The minimum absolute atomic E-state index is 0.191. The van der Waals surface area contributed by atoms with Gasteiger partial charge in [-0.25, -0.2) is 13.1 Å². The highest BCUT2D eigenvalue weighted by Crippen LogP contribution is 2.24. The standard InChI is InChI=1S/C14H22N2O2S/c15-10-9-12-5-7-13(8-6-12)11-16-19(17,18)14-3-1-2-4-14/h5-8,14,16H,1-4,9-11,15H2. The van der Waals surface area contributed by atoms with Crippen LogP contribution in [0, 0.1) is 0 Å². The summed E-state index contributed by atoms with van der Waals surface area (Å²) in [4.78, 5) is 0. The molecule has 0 unspecified atom stereocenters. The molecule has 5 heteroatoms. The molecule has 0 radical (unpaired) electrons. The lowest BCUT2D eigenvalue weighted by Gasteiger charge is -2.12. The van der Waals surface area contributed by atoms with Gasteiger partial charge in [-0.05, 0) is 36.9 Å². The molecule has 1 aliphatic carbocycles. The molecule has 0 heterocycles. The van der Waals surface area contributed by atoms with Gasteiger partial charge in [0.1, 0.15) is 0 Å². The molecule has 3 N–H and O–H groups in total. The topological polar surface area (TPSA) is 72.2 Å². The van der Waals surface area contributed by atoms with E-state index >= 15 is 0 Å². The second-order valence-electron chi connectivity index (χ2n) is 5.13. The lowest BCUT2D eigenvalue weighted by Crippen LogP contribution is -2.32. The predicted octanol–water partition coefficient (Wildman–Crippen LogP) is 1.55. The van der Waals surface area contributed by atoms with Crippen LogP contribution < -0.4 is 10.5 Å². The van der Waals surface area contributed by atoms with Crippen LogP contribution in [0.25, 0.3) is 0 Å². The molecule has 1 saturated carbocycles. The summed E-state index contributed by atoms with van der Waals surface area (Å²) in [5.41, 5.74) is 7.67. The number of hydrogen-bond acceptors (Lipinski definition) is 3. The number of nitrogens with one attached hydrogen (secondary N) is 1. The van der Waals surface area contributed by atoms with Gasteiger partial charge in [0.25, 0.3) is 0 Å². The van der Waals surface area contributed by atoms with Crippen LogP contribution in [0.15, 0.2) is 24.3 Å². The molecule has 1 aromatic rings. The van der Waals surface area contributed by atoms with Crippen LogP contribution in [-0.2, 0) is 23.0 Å².